The summed E-state index contributed by atoms with van der Waals surface area (Å²) in [5, 5.41) is 13.9. The molecule has 1 aliphatic carbocycles. The maximum atomic E-state index is 12.2. The molecule has 0 heterocycles. The summed E-state index contributed by atoms with van der Waals surface area (Å²) in [5.41, 5.74) is 5.12. The van der Waals surface area contributed by atoms with Gasteiger partial charge >= 0.3 is 12.1 Å². The molecule has 0 saturated heterocycles. The molecule has 4 rings (SSSR count). The Morgan fingerprint density at radius 2 is 1.47 bits per heavy atom. The van der Waals surface area contributed by atoms with E-state index in [-0.39, 0.29) is 31.4 Å². The molecule has 0 bridgehead atoms. The quantitative estimate of drug-likeness (QED) is 0.445. The molecular formula is C26H24N2O6. The first-order valence-corrected chi connectivity index (χ1v) is 10.8. The lowest BCUT2D eigenvalue weighted by Crippen LogP contribution is -2.29. The Hall–Kier alpha value is -4.33. The van der Waals surface area contributed by atoms with Gasteiger partial charge in [0.15, 0.2) is 6.61 Å². The van der Waals surface area contributed by atoms with Gasteiger partial charge in [0, 0.05) is 24.6 Å². The van der Waals surface area contributed by atoms with E-state index in [1.807, 2.05) is 24.3 Å². The third-order valence-electron chi connectivity index (χ3n) is 5.47. The fraction of sp³-hybridized carbons (Fsp3) is 0.192. The van der Waals surface area contributed by atoms with Crippen molar-refractivity contribution in [1.29, 1.82) is 0 Å². The van der Waals surface area contributed by atoms with Gasteiger partial charge < -0.3 is 25.2 Å². The fourth-order valence-electron chi connectivity index (χ4n) is 3.93. The summed E-state index contributed by atoms with van der Waals surface area (Å²) in [5.74, 6) is -0.986. The summed E-state index contributed by atoms with van der Waals surface area (Å²) < 4.78 is 10.5. The lowest BCUT2D eigenvalue weighted by Gasteiger charge is -2.14. The highest BCUT2D eigenvalue weighted by Gasteiger charge is 2.28. The monoisotopic (exact) mass is 460 g/mol. The minimum Gasteiger partial charge on any atom is -0.482 e. The largest absolute Gasteiger partial charge is 0.482 e. The second-order valence-corrected chi connectivity index (χ2v) is 7.76. The molecule has 3 aromatic rings. The number of aliphatic carboxylic acids is 1. The minimum absolute atomic E-state index is 0.0242. The summed E-state index contributed by atoms with van der Waals surface area (Å²) in [6.45, 7) is -0.0993. The number of ether oxygens (including phenoxy) is 2. The molecule has 3 N–H and O–H groups in total. The van der Waals surface area contributed by atoms with Crippen molar-refractivity contribution in [2.45, 2.75) is 12.3 Å². The molecule has 0 fully saturated rings. The van der Waals surface area contributed by atoms with Crippen LogP contribution in [-0.4, -0.2) is 42.8 Å². The van der Waals surface area contributed by atoms with E-state index in [1.165, 1.54) is 0 Å². The smallest absolute Gasteiger partial charge is 0.407 e. The lowest BCUT2D eigenvalue weighted by atomic mass is 9.98. The van der Waals surface area contributed by atoms with Crippen molar-refractivity contribution in [1.82, 2.24) is 5.32 Å². The molecule has 0 radical (unpaired) electrons. The number of hydrogen-bond acceptors (Lipinski definition) is 5. The number of carboxylic acids is 1. The Labute approximate surface area is 196 Å². The topological polar surface area (TPSA) is 114 Å². The van der Waals surface area contributed by atoms with Gasteiger partial charge in [0.1, 0.15) is 12.4 Å². The zero-order valence-electron chi connectivity index (χ0n) is 18.3. The van der Waals surface area contributed by atoms with Gasteiger partial charge in [-0.25, -0.2) is 9.59 Å². The second-order valence-electron chi connectivity index (χ2n) is 7.76. The van der Waals surface area contributed by atoms with Gasteiger partial charge in [-0.05, 0) is 46.5 Å². The molecule has 0 saturated carbocycles. The average Bonchev–Trinajstić information content (AvgIpc) is 3.16. The molecule has 1 aliphatic rings. The van der Waals surface area contributed by atoms with Gasteiger partial charge in [0.2, 0.25) is 5.91 Å². The molecule has 0 spiro atoms. The standard InChI is InChI=1S/C26H24N2O6/c29-24(28-17-9-11-18(12-10-17)33-16-25(30)31)13-14-27-26(32)34-15-23-21-7-3-1-5-19(21)20-6-2-4-8-22(20)23/h1-12,23H,13-16H2,(H,27,32)(H,28,29)(H,30,31). The molecule has 3 aromatic carbocycles. The number of fused-ring (bicyclic) bond motifs is 3. The maximum Gasteiger partial charge on any atom is 0.407 e. The molecule has 0 atom stereocenters. The third kappa shape index (κ3) is 5.53. The van der Waals surface area contributed by atoms with Crippen LogP contribution >= 0.6 is 0 Å². The van der Waals surface area contributed by atoms with E-state index < -0.39 is 18.7 Å². The van der Waals surface area contributed by atoms with E-state index in [9.17, 15) is 14.4 Å². The van der Waals surface area contributed by atoms with Crippen LogP contribution < -0.4 is 15.4 Å². The van der Waals surface area contributed by atoms with Crippen LogP contribution in [0.25, 0.3) is 11.1 Å². The first-order chi connectivity index (χ1) is 16.5. The van der Waals surface area contributed by atoms with Gasteiger partial charge in [-0.1, -0.05) is 48.5 Å². The number of rotatable bonds is 9. The highest BCUT2D eigenvalue weighted by Crippen LogP contribution is 2.44. The summed E-state index contributed by atoms with van der Waals surface area (Å²) in [4.78, 5) is 34.8. The molecule has 0 aromatic heterocycles. The molecule has 174 valence electrons. The third-order valence-corrected chi connectivity index (χ3v) is 5.47. The number of hydrogen-bond donors (Lipinski definition) is 3. The van der Waals surface area contributed by atoms with Crippen molar-refractivity contribution in [2.24, 2.45) is 0 Å². The zero-order valence-corrected chi connectivity index (χ0v) is 18.3. The number of alkyl carbamates (subject to hydrolysis) is 1. The average molecular weight is 460 g/mol. The molecule has 8 heteroatoms. The van der Waals surface area contributed by atoms with Crippen molar-refractivity contribution < 1.29 is 29.0 Å². The van der Waals surface area contributed by atoms with Crippen LogP contribution in [0.5, 0.6) is 5.75 Å². The van der Waals surface area contributed by atoms with E-state index in [0.717, 1.165) is 22.3 Å². The summed E-state index contributed by atoms with van der Waals surface area (Å²) in [7, 11) is 0. The SMILES string of the molecule is O=C(O)COc1ccc(NC(=O)CCNC(=O)OCC2c3ccccc3-c3ccccc32)cc1. The van der Waals surface area contributed by atoms with Crippen molar-refractivity contribution in [2.75, 3.05) is 25.1 Å². The van der Waals surface area contributed by atoms with Crippen LogP contribution in [0.4, 0.5) is 10.5 Å². The van der Waals surface area contributed by atoms with Gasteiger partial charge in [-0.3, -0.25) is 4.79 Å². The van der Waals surface area contributed by atoms with Crippen LogP contribution in [-0.2, 0) is 14.3 Å². The van der Waals surface area contributed by atoms with Crippen LogP contribution in [0.3, 0.4) is 0 Å². The highest BCUT2D eigenvalue weighted by atomic mass is 16.5. The predicted molar refractivity (Wildman–Crippen MR) is 126 cm³/mol. The molecule has 0 unspecified atom stereocenters. The number of carbonyl (C=O) groups excluding carboxylic acids is 2. The van der Waals surface area contributed by atoms with Crippen molar-refractivity contribution in [3.05, 3.63) is 83.9 Å². The van der Waals surface area contributed by atoms with Crippen molar-refractivity contribution in [3.63, 3.8) is 0 Å². The molecule has 2 amide bonds. The lowest BCUT2D eigenvalue weighted by molar-refractivity contribution is -0.139. The molecular weight excluding hydrogens is 436 g/mol. The van der Waals surface area contributed by atoms with E-state index in [2.05, 4.69) is 34.9 Å². The Kier molecular flexibility index (Phi) is 7.07. The number of anilines is 1. The Morgan fingerprint density at radius 3 is 2.09 bits per heavy atom. The minimum atomic E-state index is -1.07. The Balaban J connectivity index is 1.21. The first-order valence-electron chi connectivity index (χ1n) is 10.8. The van der Waals surface area contributed by atoms with E-state index in [1.54, 1.807) is 24.3 Å². The number of nitrogens with one attached hydrogen (secondary N) is 2. The molecule has 0 aliphatic heterocycles. The van der Waals surface area contributed by atoms with Crippen LogP contribution in [0.1, 0.15) is 23.5 Å². The van der Waals surface area contributed by atoms with Crippen LogP contribution in [0, 0.1) is 0 Å². The second kappa shape index (κ2) is 10.5. The highest BCUT2D eigenvalue weighted by molar-refractivity contribution is 5.91. The first kappa shape index (κ1) is 22.8. The normalized spacial score (nSPS) is 11.8. The fourth-order valence-corrected chi connectivity index (χ4v) is 3.93. The van der Waals surface area contributed by atoms with Crippen LogP contribution in [0.15, 0.2) is 72.8 Å². The molecule has 8 nitrogen and oxygen atoms in total. The van der Waals surface area contributed by atoms with Crippen molar-refractivity contribution >= 4 is 23.7 Å². The number of carbonyl (C=O) groups is 3. The summed E-state index contributed by atoms with van der Waals surface area (Å²) >= 11 is 0. The van der Waals surface area contributed by atoms with Crippen LogP contribution in [0.2, 0.25) is 0 Å². The van der Waals surface area contributed by atoms with Gasteiger partial charge in [-0.15, -0.1) is 0 Å². The van der Waals surface area contributed by atoms with E-state index in [0.29, 0.717) is 11.4 Å². The summed E-state index contributed by atoms with van der Waals surface area (Å²) in [6.07, 6.45) is -0.504. The Bertz CT molecular complexity index is 1150. The van der Waals surface area contributed by atoms with Gasteiger partial charge in [0.05, 0.1) is 0 Å². The van der Waals surface area contributed by atoms with Crippen molar-refractivity contribution in [3.8, 4) is 16.9 Å². The van der Waals surface area contributed by atoms with E-state index in [4.69, 9.17) is 14.6 Å². The Morgan fingerprint density at radius 1 is 0.853 bits per heavy atom. The summed E-state index contributed by atoms with van der Waals surface area (Å²) in [6, 6.07) is 22.5. The van der Waals surface area contributed by atoms with Gasteiger partial charge in [-0.2, -0.15) is 0 Å². The zero-order chi connectivity index (χ0) is 23.9. The predicted octanol–water partition coefficient (Wildman–Crippen LogP) is 4.02. The number of amides is 2. The van der Waals surface area contributed by atoms with Gasteiger partial charge in [0.25, 0.3) is 0 Å². The molecule has 34 heavy (non-hydrogen) atoms. The number of carboxylic acid groups (broad SMARTS) is 1. The number of benzene rings is 3. The van der Waals surface area contributed by atoms with E-state index >= 15 is 0 Å². The maximum absolute atomic E-state index is 12.2.